The van der Waals surface area contributed by atoms with Crippen molar-refractivity contribution in [2.24, 2.45) is 5.92 Å². The van der Waals surface area contributed by atoms with Gasteiger partial charge in [-0.05, 0) is 75.6 Å². The fourth-order valence-corrected chi connectivity index (χ4v) is 4.24. The van der Waals surface area contributed by atoms with Gasteiger partial charge in [0.05, 0.1) is 27.6 Å². The van der Waals surface area contributed by atoms with Crippen LogP contribution >= 0.6 is 23.2 Å². The number of nitrogens with zero attached hydrogens (tertiary/aromatic N) is 1. The molecule has 33 heavy (non-hydrogen) atoms. The molecule has 1 fully saturated rings. The van der Waals surface area contributed by atoms with E-state index < -0.39 is 0 Å². The Morgan fingerprint density at radius 2 is 1.85 bits per heavy atom. The maximum atomic E-state index is 12.7. The summed E-state index contributed by atoms with van der Waals surface area (Å²) in [7, 11) is 0. The van der Waals surface area contributed by atoms with E-state index in [1.165, 1.54) is 18.5 Å². The SMILES string of the molecule is C=C/C=C(\C)N1CCC(CNC(C)Nc2ccccc2NC(=O)c2ccc(Cl)c(Cl)c2)CC1. The highest BCUT2D eigenvalue weighted by molar-refractivity contribution is 6.42. The molecule has 176 valence electrons. The minimum atomic E-state index is -0.240. The van der Waals surface area contributed by atoms with Gasteiger partial charge in [0.15, 0.2) is 0 Å². The number of carbonyl (C=O) groups is 1. The maximum Gasteiger partial charge on any atom is 0.255 e. The Morgan fingerprint density at radius 3 is 2.52 bits per heavy atom. The second kappa shape index (κ2) is 12.1. The molecule has 0 saturated carbocycles. The van der Waals surface area contributed by atoms with Crippen molar-refractivity contribution in [1.29, 1.82) is 0 Å². The highest BCUT2D eigenvalue weighted by atomic mass is 35.5. The zero-order valence-corrected chi connectivity index (χ0v) is 20.7. The topological polar surface area (TPSA) is 56.4 Å². The molecule has 0 aromatic heterocycles. The predicted molar refractivity (Wildman–Crippen MR) is 140 cm³/mol. The second-order valence-corrected chi connectivity index (χ2v) is 9.19. The lowest BCUT2D eigenvalue weighted by atomic mass is 9.96. The van der Waals surface area contributed by atoms with Crippen molar-refractivity contribution in [3.8, 4) is 0 Å². The molecule has 0 aliphatic carbocycles. The third-order valence-electron chi connectivity index (χ3n) is 5.91. The number of anilines is 2. The lowest BCUT2D eigenvalue weighted by Gasteiger charge is -2.34. The Kier molecular flexibility index (Phi) is 9.24. The standard InChI is InChI=1S/C26H32Cl2N4O/c1-4-7-18(2)32-14-12-20(13-15-32)17-29-19(3)30-24-8-5-6-9-25(24)31-26(33)21-10-11-22(27)23(28)16-21/h4-11,16,19-20,29-30H,1,12-15,17H2,2-3H3,(H,31,33)/b18-7+. The van der Waals surface area contributed by atoms with Gasteiger partial charge in [-0.1, -0.05) is 48.0 Å². The molecule has 0 radical (unpaired) electrons. The zero-order chi connectivity index (χ0) is 23.8. The van der Waals surface area contributed by atoms with Crippen LogP contribution in [0, 0.1) is 5.92 Å². The van der Waals surface area contributed by atoms with Crippen molar-refractivity contribution < 1.29 is 4.79 Å². The normalized spacial score (nSPS) is 15.8. The monoisotopic (exact) mass is 486 g/mol. The Balaban J connectivity index is 1.52. The first-order valence-corrected chi connectivity index (χ1v) is 12.0. The van der Waals surface area contributed by atoms with Crippen LogP contribution in [0.1, 0.15) is 37.0 Å². The Labute approximate surface area is 206 Å². The van der Waals surface area contributed by atoms with E-state index in [2.05, 4.69) is 47.4 Å². The summed E-state index contributed by atoms with van der Waals surface area (Å²) in [5.74, 6) is 0.405. The van der Waals surface area contributed by atoms with Crippen molar-refractivity contribution in [2.75, 3.05) is 30.3 Å². The highest BCUT2D eigenvalue weighted by Crippen LogP contribution is 2.26. The summed E-state index contributed by atoms with van der Waals surface area (Å²) in [5, 5.41) is 10.8. The number of hydrogen-bond acceptors (Lipinski definition) is 4. The number of hydrogen-bond donors (Lipinski definition) is 3. The smallest absolute Gasteiger partial charge is 0.255 e. The third kappa shape index (κ3) is 7.26. The number of amides is 1. The molecule has 0 spiro atoms. The summed E-state index contributed by atoms with van der Waals surface area (Å²) in [6.45, 7) is 11.1. The van der Waals surface area contributed by atoms with Gasteiger partial charge in [0.25, 0.3) is 5.91 Å². The first kappa shape index (κ1) is 25.2. The van der Waals surface area contributed by atoms with Gasteiger partial charge in [-0.2, -0.15) is 0 Å². The van der Waals surface area contributed by atoms with Crippen molar-refractivity contribution in [3.63, 3.8) is 0 Å². The molecule has 3 N–H and O–H groups in total. The predicted octanol–water partition coefficient (Wildman–Crippen LogP) is 6.40. The number of benzene rings is 2. The van der Waals surface area contributed by atoms with E-state index in [-0.39, 0.29) is 12.1 Å². The average molecular weight is 487 g/mol. The first-order valence-electron chi connectivity index (χ1n) is 11.3. The van der Waals surface area contributed by atoms with Gasteiger partial charge in [-0.25, -0.2) is 0 Å². The summed E-state index contributed by atoms with van der Waals surface area (Å²) < 4.78 is 0. The van der Waals surface area contributed by atoms with E-state index in [9.17, 15) is 4.79 Å². The molecule has 1 unspecified atom stereocenters. The lowest BCUT2D eigenvalue weighted by Crippen LogP contribution is -2.41. The van der Waals surface area contributed by atoms with Crippen LogP contribution in [0.5, 0.6) is 0 Å². The summed E-state index contributed by atoms with van der Waals surface area (Å²) in [6, 6.07) is 12.5. The van der Waals surface area contributed by atoms with Gasteiger partial charge in [0, 0.05) is 24.4 Å². The summed E-state index contributed by atoms with van der Waals surface area (Å²) in [5.41, 5.74) is 3.30. The van der Waals surface area contributed by atoms with Crippen LogP contribution in [0.2, 0.25) is 10.0 Å². The minimum Gasteiger partial charge on any atom is -0.375 e. The Morgan fingerprint density at radius 1 is 1.15 bits per heavy atom. The molecule has 5 nitrogen and oxygen atoms in total. The summed E-state index contributed by atoms with van der Waals surface area (Å²) in [4.78, 5) is 15.1. The number of nitrogens with one attached hydrogen (secondary N) is 3. The number of likely N-dealkylation sites (tertiary alicyclic amines) is 1. The number of carbonyl (C=O) groups excluding carboxylic acids is 1. The highest BCUT2D eigenvalue weighted by Gasteiger charge is 2.20. The number of halogens is 2. The van der Waals surface area contributed by atoms with E-state index >= 15 is 0 Å². The third-order valence-corrected chi connectivity index (χ3v) is 6.65. The fraction of sp³-hybridized carbons (Fsp3) is 0.346. The molecular formula is C26H32Cl2N4O. The van der Waals surface area contributed by atoms with Gasteiger partial charge in [-0.15, -0.1) is 0 Å². The van der Waals surface area contributed by atoms with Crippen LogP contribution in [0.15, 0.2) is 66.9 Å². The molecule has 0 bridgehead atoms. The number of piperidine rings is 1. The van der Waals surface area contributed by atoms with Crippen LogP contribution in [-0.2, 0) is 0 Å². The molecule has 1 amide bonds. The van der Waals surface area contributed by atoms with E-state index in [4.69, 9.17) is 23.2 Å². The van der Waals surface area contributed by atoms with Crippen molar-refractivity contribution >= 4 is 40.5 Å². The van der Waals surface area contributed by atoms with Crippen LogP contribution in [0.25, 0.3) is 0 Å². The van der Waals surface area contributed by atoms with Gasteiger partial charge in [-0.3, -0.25) is 10.1 Å². The second-order valence-electron chi connectivity index (χ2n) is 8.38. The number of allylic oxidation sites excluding steroid dienone is 3. The van der Waals surface area contributed by atoms with Gasteiger partial charge >= 0.3 is 0 Å². The molecular weight excluding hydrogens is 455 g/mol. The van der Waals surface area contributed by atoms with E-state index in [1.54, 1.807) is 18.2 Å². The van der Waals surface area contributed by atoms with E-state index in [0.29, 0.717) is 27.2 Å². The number of para-hydroxylation sites is 2. The largest absolute Gasteiger partial charge is 0.375 e. The lowest BCUT2D eigenvalue weighted by molar-refractivity contribution is 0.102. The van der Waals surface area contributed by atoms with Gasteiger partial charge < -0.3 is 15.5 Å². The summed E-state index contributed by atoms with van der Waals surface area (Å²) in [6.07, 6.45) is 6.30. The van der Waals surface area contributed by atoms with Gasteiger partial charge in [0.2, 0.25) is 0 Å². The quantitative estimate of drug-likeness (QED) is 0.283. The van der Waals surface area contributed by atoms with Gasteiger partial charge in [0.1, 0.15) is 0 Å². The Bertz CT molecular complexity index is 1000. The molecule has 1 heterocycles. The number of rotatable bonds is 9. The van der Waals surface area contributed by atoms with Crippen molar-refractivity contribution in [3.05, 3.63) is 82.5 Å². The van der Waals surface area contributed by atoms with E-state index in [0.717, 1.165) is 25.3 Å². The first-order chi connectivity index (χ1) is 15.9. The maximum absolute atomic E-state index is 12.7. The molecule has 1 aliphatic heterocycles. The minimum absolute atomic E-state index is 0.0495. The summed E-state index contributed by atoms with van der Waals surface area (Å²) >= 11 is 12.0. The molecule has 2 aromatic rings. The molecule has 1 saturated heterocycles. The Hall–Kier alpha value is -2.47. The molecule has 3 rings (SSSR count). The van der Waals surface area contributed by atoms with Crippen LogP contribution in [-0.4, -0.2) is 36.6 Å². The molecule has 1 atom stereocenters. The molecule has 7 heteroatoms. The van der Waals surface area contributed by atoms with E-state index in [1.807, 2.05) is 30.3 Å². The fourth-order valence-electron chi connectivity index (χ4n) is 3.94. The van der Waals surface area contributed by atoms with Crippen LogP contribution in [0.3, 0.4) is 0 Å². The zero-order valence-electron chi connectivity index (χ0n) is 19.2. The van der Waals surface area contributed by atoms with Crippen molar-refractivity contribution in [2.45, 2.75) is 32.9 Å². The van der Waals surface area contributed by atoms with Crippen LogP contribution in [0.4, 0.5) is 11.4 Å². The molecule has 2 aromatic carbocycles. The average Bonchev–Trinajstić information content (AvgIpc) is 2.81. The van der Waals surface area contributed by atoms with Crippen molar-refractivity contribution in [1.82, 2.24) is 10.2 Å². The van der Waals surface area contributed by atoms with Crippen LogP contribution < -0.4 is 16.0 Å². The molecule has 1 aliphatic rings.